The van der Waals surface area contributed by atoms with Gasteiger partial charge in [0.2, 0.25) is 5.82 Å². The van der Waals surface area contributed by atoms with Gasteiger partial charge in [0, 0.05) is 0 Å². The Morgan fingerprint density at radius 3 is 3.00 bits per heavy atom. The molecule has 0 saturated heterocycles. The smallest absolute Gasteiger partial charge is 0.372 e. The van der Waals surface area contributed by atoms with E-state index in [0.717, 1.165) is 12.7 Å². The average Bonchev–Trinajstić information content (AvgIpc) is 2.24. The van der Waals surface area contributed by atoms with E-state index in [4.69, 9.17) is 10.5 Å². The monoisotopic (exact) mass is 224 g/mol. The first-order valence-corrected chi connectivity index (χ1v) is 4.65. The molecule has 0 aliphatic carbocycles. The van der Waals surface area contributed by atoms with Gasteiger partial charge in [0.1, 0.15) is 6.33 Å². The van der Waals surface area contributed by atoms with Gasteiger partial charge >= 0.3 is 5.69 Å². The van der Waals surface area contributed by atoms with Crippen molar-refractivity contribution in [3.8, 4) is 5.88 Å². The summed E-state index contributed by atoms with van der Waals surface area (Å²) in [6.45, 7) is 3.88. The van der Waals surface area contributed by atoms with Crippen molar-refractivity contribution in [3.05, 3.63) is 29.1 Å². The number of rotatable bonds is 6. The fraction of sp³-hybridized carbons (Fsp3) is 0.333. The van der Waals surface area contributed by atoms with Crippen LogP contribution >= 0.6 is 0 Å². The van der Waals surface area contributed by atoms with Gasteiger partial charge in [-0.15, -0.1) is 6.58 Å². The number of hydrogen-bond acceptors (Lipinski definition) is 6. The first kappa shape index (κ1) is 11.9. The Kier molecular flexibility index (Phi) is 4.19. The number of nitro groups is 1. The number of ether oxygens (including phenoxy) is 1. The molecular weight excluding hydrogens is 212 g/mol. The van der Waals surface area contributed by atoms with Gasteiger partial charge in [0.05, 0.1) is 11.5 Å². The van der Waals surface area contributed by atoms with E-state index < -0.39 is 4.92 Å². The molecule has 1 rings (SSSR count). The highest BCUT2D eigenvalue weighted by Gasteiger charge is 2.21. The standard InChI is InChI=1S/C9H12N4O3/c1-2-3-4-5-16-9-7(13(14)15)8(10)11-6-12-9/h2,6H,1,3-5H2,(H2,10,11,12). The van der Waals surface area contributed by atoms with E-state index in [1.165, 1.54) is 0 Å². The molecule has 2 N–H and O–H groups in total. The van der Waals surface area contributed by atoms with Gasteiger partial charge in [-0.2, -0.15) is 4.98 Å². The molecule has 0 atom stereocenters. The summed E-state index contributed by atoms with van der Waals surface area (Å²) in [4.78, 5) is 17.2. The first-order chi connectivity index (χ1) is 7.66. The third kappa shape index (κ3) is 2.91. The molecule has 7 heteroatoms. The minimum atomic E-state index is -0.655. The lowest BCUT2D eigenvalue weighted by molar-refractivity contribution is -0.385. The summed E-state index contributed by atoms with van der Waals surface area (Å²) in [5, 5.41) is 10.7. The van der Waals surface area contributed by atoms with Crippen LogP contribution < -0.4 is 10.5 Å². The Morgan fingerprint density at radius 2 is 2.38 bits per heavy atom. The van der Waals surface area contributed by atoms with E-state index in [-0.39, 0.29) is 17.4 Å². The summed E-state index contributed by atoms with van der Waals surface area (Å²) in [5.74, 6) is -0.291. The zero-order valence-electron chi connectivity index (χ0n) is 8.63. The molecule has 0 aliphatic heterocycles. The van der Waals surface area contributed by atoms with Crippen molar-refractivity contribution in [2.24, 2.45) is 0 Å². The van der Waals surface area contributed by atoms with Crippen LogP contribution in [0.15, 0.2) is 19.0 Å². The Bertz CT molecular complexity index is 394. The summed E-state index contributed by atoms with van der Waals surface area (Å²) in [6, 6.07) is 0. The molecule has 0 aromatic carbocycles. The number of hydrogen-bond donors (Lipinski definition) is 1. The summed E-state index contributed by atoms with van der Waals surface area (Å²) >= 11 is 0. The maximum atomic E-state index is 10.7. The van der Waals surface area contributed by atoms with Gasteiger partial charge in [-0.05, 0) is 12.8 Å². The molecule has 0 unspecified atom stereocenters. The third-order valence-electron chi connectivity index (χ3n) is 1.79. The molecule has 0 radical (unpaired) electrons. The van der Waals surface area contributed by atoms with E-state index in [0.29, 0.717) is 13.0 Å². The second-order valence-corrected chi connectivity index (χ2v) is 2.95. The molecule has 86 valence electrons. The predicted octanol–water partition coefficient (Wildman–Crippen LogP) is 1.31. The number of nitrogens with zero attached hydrogens (tertiary/aromatic N) is 3. The highest BCUT2D eigenvalue weighted by Crippen LogP contribution is 2.28. The molecule has 1 heterocycles. The van der Waals surface area contributed by atoms with E-state index in [1.54, 1.807) is 6.08 Å². The van der Waals surface area contributed by atoms with Crippen LogP contribution in [0.5, 0.6) is 5.88 Å². The van der Waals surface area contributed by atoms with Crippen molar-refractivity contribution in [2.45, 2.75) is 12.8 Å². The maximum absolute atomic E-state index is 10.7. The number of anilines is 1. The van der Waals surface area contributed by atoms with Crippen LogP contribution in [0.1, 0.15) is 12.8 Å². The van der Waals surface area contributed by atoms with Crippen molar-refractivity contribution in [2.75, 3.05) is 12.3 Å². The Labute approximate surface area is 92.1 Å². The summed E-state index contributed by atoms with van der Waals surface area (Å²) in [6.07, 6.45) is 4.36. The molecule has 0 saturated carbocycles. The summed E-state index contributed by atoms with van der Waals surface area (Å²) in [5.41, 5.74) is 4.98. The van der Waals surface area contributed by atoms with Crippen molar-refractivity contribution in [1.29, 1.82) is 0 Å². The van der Waals surface area contributed by atoms with Gasteiger partial charge in [-0.25, -0.2) is 4.98 Å². The van der Waals surface area contributed by atoms with Gasteiger partial charge in [-0.1, -0.05) is 6.08 Å². The quantitative estimate of drug-likeness (QED) is 0.338. The highest BCUT2D eigenvalue weighted by atomic mass is 16.6. The Hall–Kier alpha value is -2.18. The SMILES string of the molecule is C=CCCCOc1ncnc(N)c1[N+](=O)[O-]. The van der Waals surface area contributed by atoms with Gasteiger partial charge < -0.3 is 10.5 Å². The second-order valence-electron chi connectivity index (χ2n) is 2.95. The van der Waals surface area contributed by atoms with E-state index in [9.17, 15) is 10.1 Å². The zero-order chi connectivity index (χ0) is 12.0. The number of nitrogen functional groups attached to an aromatic ring is 1. The van der Waals surface area contributed by atoms with Crippen LogP contribution in [0, 0.1) is 10.1 Å². The fourth-order valence-corrected chi connectivity index (χ4v) is 1.05. The fourth-order valence-electron chi connectivity index (χ4n) is 1.05. The molecule has 16 heavy (non-hydrogen) atoms. The van der Waals surface area contributed by atoms with E-state index in [2.05, 4.69) is 16.5 Å². The molecule has 7 nitrogen and oxygen atoms in total. The van der Waals surface area contributed by atoms with Crippen molar-refractivity contribution in [3.63, 3.8) is 0 Å². The molecule has 1 aromatic rings. The lowest BCUT2D eigenvalue weighted by atomic mass is 10.3. The largest absolute Gasteiger partial charge is 0.473 e. The molecular formula is C9H12N4O3. The Morgan fingerprint density at radius 1 is 1.62 bits per heavy atom. The van der Waals surface area contributed by atoms with Gasteiger partial charge in [-0.3, -0.25) is 10.1 Å². The molecule has 0 bridgehead atoms. The summed E-state index contributed by atoms with van der Waals surface area (Å²) in [7, 11) is 0. The predicted molar refractivity (Wildman–Crippen MR) is 58.0 cm³/mol. The molecule has 0 spiro atoms. The maximum Gasteiger partial charge on any atom is 0.372 e. The van der Waals surface area contributed by atoms with Crippen LogP contribution in [0.25, 0.3) is 0 Å². The third-order valence-corrected chi connectivity index (χ3v) is 1.79. The van der Waals surface area contributed by atoms with Crippen LogP contribution in [0.2, 0.25) is 0 Å². The van der Waals surface area contributed by atoms with E-state index >= 15 is 0 Å². The van der Waals surface area contributed by atoms with Gasteiger partial charge in [0.25, 0.3) is 5.88 Å². The van der Waals surface area contributed by atoms with Crippen LogP contribution in [-0.4, -0.2) is 21.5 Å². The number of allylic oxidation sites excluding steroid dienone is 1. The lowest BCUT2D eigenvalue weighted by Gasteiger charge is -2.04. The lowest BCUT2D eigenvalue weighted by Crippen LogP contribution is -2.06. The first-order valence-electron chi connectivity index (χ1n) is 4.65. The molecule has 0 fully saturated rings. The molecule has 0 amide bonds. The number of unbranched alkanes of at least 4 members (excludes halogenated alkanes) is 1. The zero-order valence-corrected chi connectivity index (χ0v) is 8.63. The summed E-state index contributed by atoms with van der Waals surface area (Å²) < 4.78 is 5.16. The van der Waals surface area contributed by atoms with Crippen molar-refractivity contribution < 1.29 is 9.66 Å². The normalized spacial score (nSPS) is 9.75. The average molecular weight is 224 g/mol. The van der Waals surface area contributed by atoms with Gasteiger partial charge in [0.15, 0.2) is 0 Å². The topological polar surface area (TPSA) is 104 Å². The molecule has 0 aliphatic rings. The van der Waals surface area contributed by atoms with Crippen LogP contribution in [-0.2, 0) is 0 Å². The minimum absolute atomic E-state index is 0.0958. The van der Waals surface area contributed by atoms with Crippen molar-refractivity contribution in [1.82, 2.24) is 9.97 Å². The van der Waals surface area contributed by atoms with Crippen LogP contribution in [0.4, 0.5) is 11.5 Å². The molecule has 1 aromatic heterocycles. The van der Waals surface area contributed by atoms with E-state index in [1.807, 2.05) is 0 Å². The second kappa shape index (κ2) is 5.64. The minimum Gasteiger partial charge on any atom is -0.473 e. The van der Waals surface area contributed by atoms with Crippen molar-refractivity contribution >= 4 is 11.5 Å². The number of aromatic nitrogens is 2. The van der Waals surface area contributed by atoms with Crippen LogP contribution in [0.3, 0.4) is 0 Å². The highest BCUT2D eigenvalue weighted by molar-refractivity contribution is 5.57. The number of nitrogens with two attached hydrogens (primary N) is 1. The Balaban J connectivity index is 2.75.